The molecule has 0 aromatic heterocycles. The van der Waals surface area contributed by atoms with Gasteiger partial charge in [0.05, 0.1) is 6.61 Å². The van der Waals surface area contributed by atoms with E-state index in [4.69, 9.17) is 0 Å². The second-order valence-electron chi connectivity index (χ2n) is 6.09. The second kappa shape index (κ2) is 8.83. The molecule has 1 aromatic rings. The number of carbonyl (C=O) groups excluding carboxylic acids is 1. The van der Waals surface area contributed by atoms with Crippen LogP contribution in [0.1, 0.15) is 50.5 Å². The third kappa shape index (κ3) is 5.50. The third-order valence-electron chi connectivity index (χ3n) is 4.38. The van der Waals surface area contributed by atoms with Crippen molar-refractivity contribution in [2.45, 2.75) is 51.5 Å². The van der Waals surface area contributed by atoms with Crippen LogP contribution in [0.25, 0.3) is 0 Å². The van der Waals surface area contributed by atoms with Crippen LogP contribution in [0, 0.1) is 5.92 Å². The summed E-state index contributed by atoms with van der Waals surface area (Å²) in [7, 11) is 0. The summed E-state index contributed by atoms with van der Waals surface area (Å²) in [6.07, 6.45) is 8.16. The van der Waals surface area contributed by atoms with Gasteiger partial charge in [0.25, 0.3) is 0 Å². The van der Waals surface area contributed by atoms with Crippen molar-refractivity contribution in [3.63, 3.8) is 0 Å². The fourth-order valence-corrected chi connectivity index (χ4v) is 3.16. The maximum atomic E-state index is 12.5. The van der Waals surface area contributed by atoms with Crippen LogP contribution in [-0.4, -0.2) is 29.1 Å². The zero-order chi connectivity index (χ0) is 14.9. The highest BCUT2D eigenvalue weighted by molar-refractivity contribution is 5.76. The molecule has 0 saturated heterocycles. The average Bonchev–Trinajstić information content (AvgIpc) is 2.76. The molecule has 1 aliphatic rings. The van der Waals surface area contributed by atoms with Crippen molar-refractivity contribution < 1.29 is 9.90 Å². The predicted octanol–water partition coefficient (Wildman–Crippen LogP) is 3.37. The molecule has 0 heterocycles. The maximum absolute atomic E-state index is 12.5. The van der Waals surface area contributed by atoms with Crippen LogP contribution in [-0.2, 0) is 11.3 Å². The number of amides is 1. The first-order valence-corrected chi connectivity index (χ1v) is 8.22. The molecule has 1 aliphatic carbocycles. The number of carbonyl (C=O) groups is 1. The number of benzene rings is 1. The van der Waals surface area contributed by atoms with E-state index in [0.717, 1.165) is 5.56 Å². The highest BCUT2D eigenvalue weighted by Gasteiger charge is 2.20. The highest BCUT2D eigenvalue weighted by Crippen LogP contribution is 2.26. The molecule has 2 rings (SSSR count). The Morgan fingerprint density at radius 1 is 1.10 bits per heavy atom. The van der Waals surface area contributed by atoms with E-state index in [9.17, 15) is 9.90 Å². The van der Waals surface area contributed by atoms with Crippen LogP contribution in [0.5, 0.6) is 0 Å². The van der Waals surface area contributed by atoms with Gasteiger partial charge < -0.3 is 10.0 Å². The van der Waals surface area contributed by atoms with E-state index < -0.39 is 0 Å². The second-order valence-corrected chi connectivity index (χ2v) is 6.09. The first-order chi connectivity index (χ1) is 10.3. The number of aliphatic hydroxyl groups is 1. The number of rotatable bonds is 6. The molecule has 21 heavy (non-hydrogen) atoms. The smallest absolute Gasteiger partial charge is 0.223 e. The van der Waals surface area contributed by atoms with Gasteiger partial charge in [-0.3, -0.25) is 4.79 Å². The molecule has 1 aromatic carbocycles. The zero-order valence-corrected chi connectivity index (χ0v) is 12.8. The summed E-state index contributed by atoms with van der Waals surface area (Å²) in [6, 6.07) is 10.0. The van der Waals surface area contributed by atoms with Gasteiger partial charge in [0.1, 0.15) is 0 Å². The van der Waals surface area contributed by atoms with Gasteiger partial charge in [-0.1, -0.05) is 56.0 Å². The van der Waals surface area contributed by atoms with E-state index in [1.54, 1.807) is 4.90 Å². The summed E-state index contributed by atoms with van der Waals surface area (Å²) < 4.78 is 0. The topological polar surface area (TPSA) is 40.5 Å². The Labute approximate surface area is 128 Å². The van der Waals surface area contributed by atoms with Crippen molar-refractivity contribution in [3.8, 4) is 0 Å². The Hall–Kier alpha value is -1.35. The van der Waals surface area contributed by atoms with Crippen LogP contribution in [0.4, 0.5) is 0 Å². The molecule has 0 bridgehead atoms. The summed E-state index contributed by atoms with van der Waals surface area (Å²) in [6.45, 7) is 1.07. The third-order valence-corrected chi connectivity index (χ3v) is 4.38. The van der Waals surface area contributed by atoms with E-state index in [0.29, 0.717) is 25.4 Å². The SMILES string of the molecule is O=C(CC1CCCCCC1)N(CCO)Cc1ccccc1. The standard InChI is InChI=1S/C18H27NO2/c20-13-12-19(15-17-10-6-3-7-11-17)18(21)14-16-8-4-1-2-5-9-16/h3,6-7,10-11,16,20H,1-2,4-5,8-9,12-15H2. The number of hydrogen-bond acceptors (Lipinski definition) is 2. The minimum absolute atomic E-state index is 0.0310. The molecule has 0 aliphatic heterocycles. The van der Waals surface area contributed by atoms with Gasteiger partial charge in [0.15, 0.2) is 0 Å². The van der Waals surface area contributed by atoms with Crippen LogP contribution >= 0.6 is 0 Å². The number of nitrogens with zero attached hydrogens (tertiary/aromatic N) is 1. The Kier molecular flexibility index (Phi) is 6.74. The lowest BCUT2D eigenvalue weighted by atomic mass is 9.96. The molecule has 1 saturated carbocycles. The summed E-state index contributed by atoms with van der Waals surface area (Å²) in [5, 5.41) is 9.22. The lowest BCUT2D eigenvalue weighted by Crippen LogP contribution is -2.34. The summed E-state index contributed by atoms with van der Waals surface area (Å²) in [5.41, 5.74) is 1.13. The van der Waals surface area contributed by atoms with Crippen LogP contribution in [0.3, 0.4) is 0 Å². The van der Waals surface area contributed by atoms with Crippen molar-refractivity contribution in [3.05, 3.63) is 35.9 Å². The van der Waals surface area contributed by atoms with Crippen LogP contribution in [0.15, 0.2) is 30.3 Å². The van der Waals surface area contributed by atoms with Crippen LogP contribution in [0.2, 0.25) is 0 Å². The van der Waals surface area contributed by atoms with Gasteiger partial charge in [0, 0.05) is 19.5 Å². The molecule has 0 radical (unpaired) electrons. The minimum Gasteiger partial charge on any atom is -0.395 e. The predicted molar refractivity (Wildman–Crippen MR) is 84.8 cm³/mol. The molecule has 3 heteroatoms. The lowest BCUT2D eigenvalue weighted by Gasteiger charge is -2.24. The van der Waals surface area contributed by atoms with E-state index in [2.05, 4.69) is 0 Å². The zero-order valence-electron chi connectivity index (χ0n) is 12.8. The summed E-state index contributed by atoms with van der Waals surface area (Å²) in [5.74, 6) is 0.733. The number of hydrogen-bond donors (Lipinski definition) is 1. The van der Waals surface area contributed by atoms with Crippen LogP contribution < -0.4 is 0 Å². The molecule has 3 nitrogen and oxygen atoms in total. The maximum Gasteiger partial charge on any atom is 0.223 e. The quantitative estimate of drug-likeness (QED) is 0.816. The molecule has 0 spiro atoms. The Morgan fingerprint density at radius 3 is 2.38 bits per heavy atom. The molecule has 1 N–H and O–H groups in total. The van der Waals surface area contributed by atoms with E-state index in [1.165, 1.54) is 38.5 Å². The fourth-order valence-electron chi connectivity index (χ4n) is 3.16. The Balaban J connectivity index is 1.91. The van der Waals surface area contributed by atoms with E-state index in [1.807, 2.05) is 30.3 Å². The summed E-state index contributed by atoms with van der Waals surface area (Å²) in [4.78, 5) is 14.3. The largest absolute Gasteiger partial charge is 0.395 e. The van der Waals surface area contributed by atoms with Gasteiger partial charge in [-0.05, 0) is 24.3 Å². The molecule has 0 atom stereocenters. The lowest BCUT2D eigenvalue weighted by molar-refractivity contribution is -0.133. The molecular formula is C18H27NO2. The molecule has 116 valence electrons. The van der Waals surface area contributed by atoms with E-state index >= 15 is 0 Å². The van der Waals surface area contributed by atoms with E-state index in [-0.39, 0.29) is 12.5 Å². The normalized spacial score (nSPS) is 16.4. The average molecular weight is 289 g/mol. The van der Waals surface area contributed by atoms with Gasteiger partial charge in [-0.15, -0.1) is 0 Å². The molecule has 1 fully saturated rings. The van der Waals surface area contributed by atoms with Crippen molar-refractivity contribution in [1.29, 1.82) is 0 Å². The van der Waals surface area contributed by atoms with Gasteiger partial charge in [-0.2, -0.15) is 0 Å². The van der Waals surface area contributed by atoms with Crippen molar-refractivity contribution >= 4 is 5.91 Å². The van der Waals surface area contributed by atoms with Gasteiger partial charge in [0.2, 0.25) is 5.91 Å². The fraction of sp³-hybridized carbons (Fsp3) is 0.611. The molecule has 1 amide bonds. The summed E-state index contributed by atoms with van der Waals surface area (Å²) >= 11 is 0. The first kappa shape index (κ1) is 16.0. The molecule has 0 unspecified atom stereocenters. The highest BCUT2D eigenvalue weighted by atomic mass is 16.3. The minimum atomic E-state index is 0.0310. The monoisotopic (exact) mass is 289 g/mol. The van der Waals surface area contributed by atoms with Crippen molar-refractivity contribution in [2.75, 3.05) is 13.2 Å². The number of aliphatic hydroxyl groups excluding tert-OH is 1. The Morgan fingerprint density at radius 2 is 1.76 bits per heavy atom. The van der Waals surface area contributed by atoms with Gasteiger partial charge in [-0.25, -0.2) is 0 Å². The molecular weight excluding hydrogens is 262 g/mol. The van der Waals surface area contributed by atoms with Crippen molar-refractivity contribution in [2.24, 2.45) is 5.92 Å². The van der Waals surface area contributed by atoms with Crippen molar-refractivity contribution in [1.82, 2.24) is 4.90 Å². The Bertz CT molecular complexity index is 410. The van der Waals surface area contributed by atoms with Gasteiger partial charge >= 0.3 is 0 Å². The first-order valence-electron chi connectivity index (χ1n) is 8.22.